The third-order valence-electron chi connectivity index (χ3n) is 3.61. The van der Waals surface area contributed by atoms with E-state index in [-0.39, 0.29) is 0 Å². The number of aliphatic imine (C=N–C) groups is 4. The van der Waals surface area contributed by atoms with E-state index in [9.17, 15) is 0 Å². The minimum absolute atomic E-state index is 0.718. The highest BCUT2D eigenvalue weighted by molar-refractivity contribution is 6.36. The first kappa shape index (κ1) is 29.2. The van der Waals surface area contributed by atoms with Crippen LogP contribution in [-0.2, 0) is 0 Å². The molecule has 2 heterocycles. The molecule has 33 heavy (non-hydrogen) atoms. The van der Waals surface area contributed by atoms with Gasteiger partial charge in [0, 0.05) is 13.3 Å². The Hall–Kier alpha value is -3.80. The Morgan fingerprint density at radius 2 is 1.39 bits per heavy atom. The maximum absolute atomic E-state index is 4.44. The first-order chi connectivity index (χ1) is 16.2. The number of allylic oxidation sites excluding steroid dienone is 5. The van der Waals surface area contributed by atoms with Gasteiger partial charge in [0.25, 0.3) is 0 Å². The Morgan fingerprint density at radius 3 is 1.79 bits per heavy atom. The normalized spacial score (nSPS) is 12.1. The summed E-state index contributed by atoms with van der Waals surface area (Å²) in [5.41, 5.74) is 4.52. The first-order valence-electron chi connectivity index (χ1n) is 11.1. The van der Waals surface area contributed by atoms with Gasteiger partial charge >= 0.3 is 0 Å². The molecule has 2 aromatic heterocycles. The van der Waals surface area contributed by atoms with Crippen molar-refractivity contribution < 1.29 is 0 Å². The van der Waals surface area contributed by atoms with Crippen molar-refractivity contribution in [3.63, 3.8) is 0 Å². The lowest BCUT2D eigenvalue weighted by atomic mass is 10.2. The fourth-order valence-corrected chi connectivity index (χ4v) is 2.24. The zero-order valence-electron chi connectivity index (χ0n) is 20.9. The van der Waals surface area contributed by atoms with Crippen LogP contribution in [0, 0.1) is 0 Å². The number of hydrogen-bond acceptors (Lipinski definition) is 6. The van der Waals surface area contributed by atoms with Gasteiger partial charge in [-0.3, -0.25) is 29.9 Å². The SMILES string of the molecule is C=C/C=C(/C=Nc1ccc(-c2ccc(N=CC(/C=C\C)=NC)cn2)nc1)N=CC.CC.CC. The number of rotatable bonds is 8. The summed E-state index contributed by atoms with van der Waals surface area (Å²) in [5.74, 6) is 0. The Morgan fingerprint density at radius 1 is 0.848 bits per heavy atom. The predicted octanol–water partition coefficient (Wildman–Crippen LogP) is 7.41. The minimum Gasteiger partial charge on any atom is -0.287 e. The van der Waals surface area contributed by atoms with Crippen molar-refractivity contribution >= 4 is 35.7 Å². The van der Waals surface area contributed by atoms with E-state index in [0.717, 1.165) is 34.2 Å². The topological polar surface area (TPSA) is 75.2 Å². The van der Waals surface area contributed by atoms with Crippen molar-refractivity contribution in [3.8, 4) is 11.4 Å². The van der Waals surface area contributed by atoms with Crippen LogP contribution in [0.2, 0.25) is 0 Å². The molecule has 0 fully saturated rings. The van der Waals surface area contributed by atoms with Crippen molar-refractivity contribution in [1.29, 1.82) is 0 Å². The molecule has 0 radical (unpaired) electrons. The average molecular weight is 445 g/mol. The number of nitrogens with zero attached hydrogens (tertiary/aromatic N) is 6. The van der Waals surface area contributed by atoms with Gasteiger partial charge in [0.15, 0.2) is 0 Å². The Bertz CT molecular complexity index is 976. The fourth-order valence-electron chi connectivity index (χ4n) is 2.24. The summed E-state index contributed by atoms with van der Waals surface area (Å²) in [7, 11) is 1.73. The van der Waals surface area contributed by atoms with Crippen molar-refractivity contribution in [2.24, 2.45) is 20.0 Å². The van der Waals surface area contributed by atoms with E-state index in [2.05, 4.69) is 36.5 Å². The van der Waals surface area contributed by atoms with Crippen LogP contribution in [0.15, 0.2) is 93.2 Å². The van der Waals surface area contributed by atoms with Gasteiger partial charge in [-0.15, -0.1) is 0 Å². The molecule has 0 amide bonds. The molecule has 0 aliphatic carbocycles. The lowest BCUT2D eigenvalue weighted by molar-refractivity contribution is 1.23. The summed E-state index contributed by atoms with van der Waals surface area (Å²) in [6.07, 6.45) is 15.8. The van der Waals surface area contributed by atoms with Crippen LogP contribution in [0.4, 0.5) is 11.4 Å². The van der Waals surface area contributed by atoms with Gasteiger partial charge in [-0.05, 0) is 50.3 Å². The van der Waals surface area contributed by atoms with Crippen molar-refractivity contribution in [3.05, 3.63) is 73.2 Å². The van der Waals surface area contributed by atoms with Crippen molar-refractivity contribution in [1.82, 2.24) is 9.97 Å². The van der Waals surface area contributed by atoms with E-state index in [4.69, 9.17) is 0 Å². The lowest BCUT2D eigenvalue weighted by Crippen LogP contribution is -1.93. The summed E-state index contributed by atoms with van der Waals surface area (Å²) >= 11 is 0. The third-order valence-corrected chi connectivity index (χ3v) is 3.61. The summed E-state index contributed by atoms with van der Waals surface area (Å²) in [4.78, 5) is 26.0. The van der Waals surface area contributed by atoms with E-state index in [1.165, 1.54) is 0 Å². The standard InChI is InChI=1S/C23H24N6.2C2H6/c1-5-8-18(24-4)14-26-20-10-12-22(28-16-20)23-13-11-21(17-29-23)27-15-19(9-6-2)25-7-3;2*1-2/h5-17H,2H2,1,3-4H3;2*1-2H3/b8-5-,19-9-,24-18?,25-7?,26-14?,27-15?;;. The first-order valence-corrected chi connectivity index (χ1v) is 11.1. The van der Waals surface area contributed by atoms with E-state index < -0.39 is 0 Å². The highest BCUT2D eigenvalue weighted by Gasteiger charge is 2.01. The quantitative estimate of drug-likeness (QED) is 0.314. The second-order valence-electron chi connectivity index (χ2n) is 5.68. The van der Waals surface area contributed by atoms with Gasteiger partial charge in [-0.1, -0.05) is 46.4 Å². The molecule has 0 aliphatic rings. The van der Waals surface area contributed by atoms with Crippen LogP contribution in [0.1, 0.15) is 41.5 Å². The second-order valence-corrected chi connectivity index (χ2v) is 5.68. The molecule has 6 heteroatoms. The van der Waals surface area contributed by atoms with Crippen molar-refractivity contribution in [2.75, 3.05) is 7.05 Å². The summed E-state index contributed by atoms with van der Waals surface area (Å²) in [5, 5.41) is 0. The highest BCUT2D eigenvalue weighted by atomic mass is 14.8. The monoisotopic (exact) mass is 444 g/mol. The van der Waals surface area contributed by atoms with Gasteiger partial charge in [0.2, 0.25) is 0 Å². The number of hydrogen-bond donors (Lipinski definition) is 0. The average Bonchev–Trinajstić information content (AvgIpc) is 2.88. The van der Waals surface area contributed by atoms with Crippen LogP contribution in [0.5, 0.6) is 0 Å². The molecule has 0 spiro atoms. The minimum atomic E-state index is 0.718. The molecule has 0 aromatic carbocycles. The van der Waals surface area contributed by atoms with Gasteiger partial charge in [-0.2, -0.15) is 0 Å². The molecular formula is C27H36N6. The molecule has 2 aromatic rings. The van der Waals surface area contributed by atoms with Crippen LogP contribution in [-0.4, -0.2) is 41.4 Å². The Labute approximate surface area is 199 Å². The molecule has 0 unspecified atom stereocenters. The molecule has 0 N–H and O–H groups in total. The van der Waals surface area contributed by atoms with Gasteiger partial charge < -0.3 is 0 Å². The third kappa shape index (κ3) is 11.4. The van der Waals surface area contributed by atoms with Crippen LogP contribution in [0.3, 0.4) is 0 Å². The van der Waals surface area contributed by atoms with E-state index in [1.807, 2.05) is 78.0 Å². The summed E-state index contributed by atoms with van der Waals surface area (Å²) in [6.45, 7) is 15.5. The molecule has 6 nitrogen and oxygen atoms in total. The van der Waals surface area contributed by atoms with Gasteiger partial charge in [-0.25, -0.2) is 0 Å². The maximum atomic E-state index is 4.44. The van der Waals surface area contributed by atoms with Crippen LogP contribution >= 0.6 is 0 Å². The predicted molar refractivity (Wildman–Crippen MR) is 147 cm³/mol. The fraction of sp³-hybridized carbons (Fsp3) is 0.259. The lowest BCUT2D eigenvalue weighted by Gasteiger charge is -2.01. The van der Waals surface area contributed by atoms with Gasteiger partial charge in [0.05, 0.1) is 59.0 Å². The summed E-state index contributed by atoms with van der Waals surface area (Å²) < 4.78 is 0. The van der Waals surface area contributed by atoms with Crippen LogP contribution < -0.4 is 0 Å². The highest BCUT2D eigenvalue weighted by Crippen LogP contribution is 2.20. The largest absolute Gasteiger partial charge is 0.287 e. The molecule has 0 aliphatic heterocycles. The molecule has 0 saturated heterocycles. The summed E-state index contributed by atoms with van der Waals surface area (Å²) in [6, 6.07) is 7.54. The molecule has 174 valence electrons. The van der Waals surface area contributed by atoms with E-state index >= 15 is 0 Å². The zero-order chi connectivity index (χ0) is 24.9. The molecule has 0 atom stereocenters. The molecular weight excluding hydrogens is 408 g/mol. The van der Waals surface area contributed by atoms with Crippen LogP contribution in [0.25, 0.3) is 11.4 Å². The zero-order valence-corrected chi connectivity index (χ0v) is 20.9. The smallest absolute Gasteiger partial charge is 0.0887 e. The molecule has 2 rings (SSSR count). The van der Waals surface area contributed by atoms with E-state index in [0.29, 0.717) is 0 Å². The van der Waals surface area contributed by atoms with Gasteiger partial charge in [0.1, 0.15) is 0 Å². The van der Waals surface area contributed by atoms with Crippen molar-refractivity contribution in [2.45, 2.75) is 41.5 Å². The number of pyridine rings is 2. The Balaban J connectivity index is 0.00000242. The van der Waals surface area contributed by atoms with E-state index in [1.54, 1.807) is 50.2 Å². The number of aromatic nitrogens is 2. The molecule has 0 saturated carbocycles. The Kier molecular flexibility index (Phi) is 16.7. The molecule has 0 bridgehead atoms. The maximum Gasteiger partial charge on any atom is 0.0887 e. The second kappa shape index (κ2) is 18.9.